The number of hydrogen-bond donors (Lipinski definition) is 1. The molecule has 7 heteroatoms. The normalized spacial score (nSPS) is 21.6. The Kier molecular flexibility index (Phi) is 8.28. The predicted octanol–water partition coefficient (Wildman–Crippen LogP) is 2.78. The Bertz CT molecular complexity index is 659. The molecule has 0 aromatic heterocycles. The second kappa shape index (κ2) is 10.2. The molecule has 0 spiro atoms. The van der Waals surface area contributed by atoms with Gasteiger partial charge in [0.25, 0.3) is 0 Å². The summed E-state index contributed by atoms with van der Waals surface area (Å²) in [5.74, 6) is -0.558. The van der Waals surface area contributed by atoms with Crippen LogP contribution in [-0.2, 0) is 9.59 Å². The van der Waals surface area contributed by atoms with Gasteiger partial charge in [0.1, 0.15) is 0 Å². The van der Waals surface area contributed by atoms with E-state index >= 15 is 0 Å². The molecule has 2 aliphatic rings. The van der Waals surface area contributed by atoms with Gasteiger partial charge in [-0.2, -0.15) is 0 Å². The third kappa shape index (κ3) is 5.25. The number of hydrogen-bond acceptors (Lipinski definition) is 4. The first-order valence-electron chi connectivity index (χ1n) is 10.1. The zero-order valence-electron chi connectivity index (χ0n) is 16.8. The van der Waals surface area contributed by atoms with Crippen LogP contribution in [0.1, 0.15) is 38.2 Å². The number of rotatable bonds is 6. The zero-order valence-corrected chi connectivity index (χ0v) is 17.7. The quantitative estimate of drug-likeness (QED) is 0.782. The highest BCUT2D eigenvalue weighted by Crippen LogP contribution is 2.27. The summed E-state index contributed by atoms with van der Waals surface area (Å²) in [5, 5.41) is 9.09. The van der Waals surface area contributed by atoms with Gasteiger partial charge in [-0.3, -0.25) is 19.4 Å². The number of carbonyl (C=O) groups is 2. The number of likely N-dealkylation sites (tertiary alicyclic amines) is 1. The zero-order chi connectivity index (χ0) is 19.4. The molecule has 6 nitrogen and oxygen atoms in total. The average Bonchev–Trinajstić information content (AvgIpc) is 2.67. The molecule has 1 amide bonds. The minimum absolute atomic E-state index is 0. The number of nitrogens with zero attached hydrogens (tertiary/aromatic N) is 3. The van der Waals surface area contributed by atoms with Crippen molar-refractivity contribution in [2.45, 2.75) is 51.6 Å². The van der Waals surface area contributed by atoms with Crippen LogP contribution in [0.25, 0.3) is 0 Å². The molecule has 0 bridgehead atoms. The van der Waals surface area contributed by atoms with Crippen LogP contribution in [-0.4, -0.2) is 71.6 Å². The molecule has 156 valence electrons. The van der Waals surface area contributed by atoms with E-state index < -0.39 is 5.97 Å². The first-order chi connectivity index (χ1) is 13.0. The lowest BCUT2D eigenvalue weighted by Crippen LogP contribution is -2.56. The second-order valence-electron chi connectivity index (χ2n) is 7.71. The van der Waals surface area contributed by atoms with E-state index in [1.54, 1.807) is 0 Å². The van der Waals surface area contributed by atoms with Gasteiger partial charge in [0.05, 0.1) is 12.6 Å². The van der Waals surface area contributed by atoms with Gasteiger partial charge < -0.3 is 10.0 Å². The Balaban J connectivity index is 0.00000280. The number of benzene rings is 1. The number of carboxylic acids is 1. The van der Waals surface area contributed by atoms with Crippen LogP contribution >= 0.6 is 12.4 Å². The molecule has 3 rings (SSSR count). The summed E-state index contributed by atoms with van der Waals surface area (Å²) in [6.07, 6.45) is 3.79. The molecule has 1 aromatic rings. The SMILES string of the molecule is CCN(CC(=O)O)C1CCN(C2CCCN(c3ccc(C)cc3)C2=O)CC1.Cl. The van der Waals surface area contributed by atoms with Crippen LogP contribution in [0.3, 0.4) is 0 Å². The van der Waals surface area contributed by atoms with Crippen molar-refractivity contribution in [2.24, 2.45) is 0 Å². The number of carbonyl (C=O) groups excluding carboxylic acids is 1. The van der Waals surface area contributed by atoms with Gasteiger partial charge in [0.2, 0.25) is 5.91 Å². The van der Waals surface area contributed by atoms with Gasteiger partial charge >= 0.3 is 5.97 Å². The van der Waals surface area contributed by atoms with Gasteiger partial charge in [0.15, 0.2) is 0 Å². The summed E-state index contributed by atoms with van der Waals surface area (Å²) in [6, 6.07) is 8.43. The van der Waals surface area contributed by atoms with Crippen molar-refractivity contribution in [3.63, 3.8) is 0 Å². The summed E-state index contributed by atoms with van der Waals surface area (Å²) in [4.78, 5) is 30.5. The Morgan fingerprint density at radius 3 is 2.36 bits per heavy atom. The number of carboxylic acid groups (broad SMARTS) is 1. The third-order valence-corrected chi connectivity index (χ3v) is 5.96. The fourth-order valence-electron chi connectivity index (χ4n) is 4.41. The number of anilines is 1. The van der Waals surface area contributed by atoms with E-state index in [0.717, 1.165) is 57.5 Å². The highest BCUT2D eigenvalue weighted by Gasteiger charge is 2.36. The number of piperidine rings is 2. The summed E-state index contributed by atoms with van der Waals surface area (Å²) in [6.45, 7) is 7.43. The number of amides is 1. The maximum Gasteiger partial charge on any atom is 0.317 e. The van der Waals surface area contributed by atoms with Crippen molar-refractivity contribution < 1.29 is 14.7 Å². The van der Waals surface area contributed by atoms with E-state index in [4.69, 9.17) is 5.11 Å². The van der Waals surface area contributed by atoms with E-state index in [9.17, 15) is 9.59 Å². The van der Waals surface area contributed by atoms with Crippen molar-refractivity contribution in [2.75, 3.05) is 37.6 Å². The van der Waals surface area contributed by atoms with Crippen LogP contribution in [0.5, 0.6) is 0 Å². The van der Waals surface area contributed by atoms with Gasteiger partial charge in [-0.1, -0.05) is 24.6 Å². The lowest BCUT2D eigenvalue weighted by molar-refractivity contribution is -0.139. The smallest absolute Gasteiger partial charge is 0.317 e. The molecule has 0 radical (unpaired) electrons. The molecule has 1 atom stereocenters. The van der Waals surface area contributed by atoms with Crippen molar-refractivity contribution in [3.05, 3.63) is 29.8 Å². The van der Waals surface area contributed by atoms with Crippen LogP contribution in [0.4, 0.5) is 5.69 Å². The predicted molar refractivity (Wildman–Crippen MR) is 113 cm³/mol. The maximum absolute atomic E-state index is 13.1. The molecule has 1 aromatic carbocycles. The molecule has 2 fully saturated rings. The first-order valence-corrected chi connectivity index (χ1v) is 10.1. The summed E-state index contributed by atoms with van der Waals surface area (Å²) < 4.78 is 0. The van der Waals surface area contributed by atoms with Gasteiger partial charge in [-0.15, -0.1) is 12.4 Å². The first kappa shape index (κ1) is 22.7. The number of likely N-dealkylation sites (N-methyl/N-ethyl adjacent to an activating group) is 1. The van der Waals surface area contributed by atoms with E-state index in [1.807, 2.05) is 28.9 Å². The molecule has 1 unspecified atom stereocenters. The number of aliphatic carboxylic acids is 1. The minimum atomic E-state index is -0.768. The number of halogens is 1. The minimum Gasteiger partial charge on any atom is -0.480 e. The Morgan fingerprint density at radius 2 is 1.79 bits per heavy atom. The van der Waals surface area contributed by atoms with Crippen LogP contribution < -0.4 is 4.90 Å². The molecular weight excluding hydrogens is 378 g/mol. The standard InChI is InChI=1S/C21H31N3O3.ClH/c1-3-22(15-20(25)26)17-10-13-23(14-11-17)19-5-4-12-24(21(19)27)18-8-6-16(2)7-9-18;/h6-9,17,19H,3-5,10-15H2,1-2H3,(H,25,26);1H. The van der Waals surface area contributed by atoms with E-state index in [1.165, 1.54) is 5.56 Å². The van der Waals surface area contributed by atoms with Gasteiger partial charge in [0, 0.05) is 31.4 Å². The molecule has 0 aliphatic carbocycles. The lowest BCUT2D eigenvalue weighted by Gasteiger charge is -2.43. The monoisotopic (exact) mass is 409 g/mol. The molecule has 2 heterocycles. The highest BCUT2D eigenvalue weighted by atomic mass is 35.5. The van der Waals surface area contributed by atoms with Crippen molar-refractivity contribution in [3.8, 4) is 0 Å². The van der Waals surface area contributed by atoms with Gasteiger partial charge in [-0.05, 0) is 51.3 Å². The second-order valence-corrected chi connectivity index (χ2v) is 7.71. The van der Waals surface area contributed by atoms with E-state index in [0.29, 0.717) is 6.04 Å². The van der Waals surface area contributed by atoms with Crippen LogP contribution in [0.15, 0.2) is 24.3 Å². The maximum atomic E-state index is 13.1. The largest absolute Gasteiger partial charge is 0.480 e. The summed E-state index contributed by atoms with van der Waals surface area (Å²) in [5.41, 5.74) is 2.19. The number of aryl methyl sites for hydroxylation is 1. The third-order valence-electron chi connectivity index (χ3n) is 5.96. The molecule has 2 aliphatic heterocycles. The highest BCUT2D eigenvalue weighted by molar-refractivity contribution is 5.97. The lowest BCUT2D eigenvalue weighted by atomic mass is 9.96. The average molecular weight is 410 g/mol. The molecular formula is C21H32ClN3O3. The van der Waals surface area contributed by atoms with Crippen molar-refractivity contribution in [1.82, 2.24) is 9.80 Å². The fourth-order valence-corrected chi connectivity index (χ4v) is 4.41. The Morgan fingerprint density at radius 1 is 1.14 bits per heavy atom. The van der Waals surface area contributed by atoms with Crippen LogP contribution in [0.2, 0.25) is 0 Å². The van der Waals surface area contributed by atoms with Crippen molar-refractivity contribution >= 4 is 30.0 Å². The summed E-state index contributed by atoms with van der Waals surface area (Å²) >= 11 is 0. The molecule has 1 N–H and O–H groups in total. The summed E-state index contributed by atoms with van der Waals surface area (Å²) in [7, 11) is 0. The topological polar surface area (TPSA) is 64.1 Å². The molecule has 28 heavy (non-hydrogen) atoms. The van der Waals surface area contributed by atoms with Crippen molar-refractivity contribution in [1.29, 1.82) is 0 Å². The van der Waals surface area contributed by atoms with Crippen LogP contribution in [0, 0.1) is 6.92 Å². The van der Waals surface area contributed by atoms with E-state index in [-0.39, 0.29) is 30.9 Å². The fraction of sp³-hybridized carbons (Fsp3) is 0.619. The Hall–Kier alpha value is -1.63. The molecule has 2 saturated heterocycles. The Labute approximate surface area is 173 Å². The molecule has 0 saturated carbocycles. The van der Waals surface area contributed by atoms with E-state index in [2.05, 4.69) is 24.0 Å². The van der Waals surface area contributed by atoms with Gasteiger partial charge in [-0.25, -0.2) is 0 Å².